The Bertz CT molecular complexity index is 70.7. The van der Waals surface area contributed by atoms with Crippen LogP contribution in [0.3, 0.4) is 0 Å². The molecular weight excluding hydrogens is 120 g/mol. The monoisotopic (exact) mass is 134 g/mol. The van der Waals surface area contributed by atoms with E-state index >= 15 is 0 Å². The van der Waals surface area contributed by atoms with Gasteiger partial charge in [0.1, 0.15) is 0 Å². The number of hydrogen-bond acceptors (Lipinski definition) is 2. The Kier molecular flexibility index (Phi) is 9.29. The maximum atomic E-state index is 10.3. The predicted molar refractivity (Wildman–Crippen MR) is 35.2 cm³/mol. The summed E-state index contributed by atoms with van der Waals surface area (Å²) in [6.07, 6.45) is 2.55. The van der Waals surface area contributed by atoms with Gasteiger partial charge in [0.05, 0.1) is 7.11 Å². The number of unbranched alkanes of at least 4 members (excludes halogenated alkanes) is 1. The summed E-state index contributed by atoms with van der Waals surface area (Å²) < 4.78 is 4.41. The highest BCUT2D eigenvalue weighted by Crippen LogP contribution is 1.94. The molecule has 3 heteroatoms. The maximum Gasteiger partial charge on any atom is 0.305 e. The lowest BCUT2D eigenvalue weighted by Crippen LogP contribution is -1.98. The van der Waals surface area contributed by atoms with Crippen molar-refractivity contribution in [2.45, 2.75) is 26.2 Å². The minimum absolute atomic E-state index is 0. The van der Waals surface area contributed by atoms with Crippen LogP contribution in [0.4, 0.5) is 0 Å². The van der Waals surface area contributed by atoms with Gasteiger partial charge < -0.3 is 10.2 Å². The number of rotatable bonds is 3. The minimum atomic E-state index is -0.105. The second kappa shape index (κ2) is 7.43. The van der Waals surface area contributed by atoms with Crippen molar-refractivity contribution in [3.63, 3.8) is 0 Å². The predicted octanol–water partition coefficient (Wildman–Crippen LogP) is 0.525. The SMILES string of the molecule is CCCCC(=O)OC.O. The zero-order valence-electron chi connectivity index (χ0n) is 5.94. The Morgan fingerprint density at radius 2 is 2.11 bits per heavy atom. The highest BCUT2D eigenvalue weighted by Gasteiger charge is 1.95. The average Bonchev–Trinajstić information content (AvgIpc) is 1.83. The summed E-state index contributed by atoms with van der Waals surface area (Å²) in [7, 11) is 1.41. The summed E-state index contributed by atoms with van der Waals surface area (Å²) in [5, 5.41) is 0. The molecule has 3 nitrogen and oxygen atoms in total. The lowest BCUT2D eigenvalue weighted by molar-refractivity contribution is -0.140. The molecule has 0 saturated heterocycles. The second-order valence-corrected chi connectivity index (χ2v) is 1.68. The molecular formula is C6H14O3. The van der Waals surface area contributed by atoms with Crippen molar-refractivity contribution in [1.82, 2.24) is 0 Å². The van der Waals surface area contributed by atoms with E-state index < -0.39 is 0 Å². The average molecular weight is 134 g/mol. The summed E-state index contributed by atoms with van der Waals surface area (Å²) in [6.45, 7) is 2.04. The van der Waals surface area contributed by atoms with Gasteiger partial charge in [-0.05, 0) is 6.42 Å². The van der Waals surface area contributed by atoms with E-state index in [1.807, 2.05) is 6.92 Å². The first kappa shape index (κ1) is 11.3. The highest BCUT2D eigenvalue weighted by atomic mass is 16.5. The van der Waals surface area contributed by atoms with Crippen LogP contribution in [0.15, 0.2) is 0 Å². The minimum Gasteiger partial charge on any atom is -0.469 e. The van der Waals surface area contributed by atoms with Crippen LogP contribution in [0, 0.1) is 0 Å². The molecule has 2 N–H and O–H groups in total. The van der Waals surface area contributed by atoms with Gasteiger partial charge in [-0.25, -0.2) is 0 Å². The molecule has 0 aliphatic carbocycles. The lowest BCUT2D eigenvalue weighted by atomic mass is 10.3. The van der Waals surface area contributed by atoms with E-state index in [0.717, 1.165) is 12.8 Å². The molecule has 0 aliphatic rings. The molecule has 56 valence electrons. The molecule has 0 heterocycles. The fourth-order valence-electron chi connectivity index (χ4n) is 0.423. The molecule has 0 aromatic rings. The molecule has 0 rings (SSSR count). The maximum absolute atomic E-state index is 10.3. The van der Waals surface area contributed by atoms with Gasteiger partial charge in [-0.3, -0.25) is 4.79 Å². The van der Waals surface area contributed by atoms with Gasteiger partial charge in [-0.1, -0.05) is 13.3 Å². The third-order valence-electron chi connectivity index (χ3n) is 0.962. The van der Waals surface area contributed by atoms with Crippen LogP contribution >= 0.6 is 0 Å². The smallest absolute Gasteiger partial charge is 0.305 e. The van der Waals surface area contributed by atoms with Gasteiger partial charge in [0.25, 0.3) is 0 Å². The molecule has 0 amide bonds. The van der Waals surface area contributed by atoms with Crippen molar-refractivity contribution in [3.05, 3.63) is 0 Å². The third-order valence-corrected chi connectivity index (χ3v) is 0.962. The Balaban J connectivity index is 0. The van der Waals surface area contributed by atoms with Crippen molar-refractivity contribution >= 4 is 5.97 Å². The number of esters is 1. The van der Waals surface area contributed by atoms with Crippen molar-refractivity contribution < 1.29 is 15.0 Å². The highest BCUT2D eigenvalue weighted by molar-refractivity contribution is 5.68. The van der Waals surface area contributed by atoms with Crippen LogP contribution in [-0.4, -0.2) is 18.6 Å². The van der Waals surface area contributed by atoms with Crippen molar-refractivity contribution in [2.75, 3.05) is 7.11 Å². The van der Waals surface area contributed by atoms with E-state index in [0.29, 0.717) is 6.42 Å². The Morgan fingerprint density at radius 3 is 2.44 bits per heavy atom. The first-order valence-corrected chi connectivity index (χ1v) is 2.88. The van der Waals surface area contributed by atoms with Crippen LogP contribution in [0.2, 0.25) is 0 Å². The quantitative estimate of drug-likeness (QED) is 0.528. The third kappa shape index (κ3) is 7.43. The van der Waals surface area contributed by atoms with E-state index in [-0.39, 0.29) is 11.4 Å². The molecule has 0 aliphatic heterocycles. The van der Waals surface area contributed by atoms with Crippen LogP contribution in [0.5, 0.6) is 0 Å². The Hall–Kier alpha value is -0.570. The lowest BCUT2D eigenvalue weighted by Gasteiger charge is -1.93. The van der Waals surface area contributed by atoms with Gasteiger partial charge in [0.2, 0.25) is 0 Å². The second-order valence-electron chi connectivity index (χ2n) is 1.68. The molecule has 0 radical (unpaired) electrons. The molecule has 9 heavy (non-hydrogen) atoms. The van der Waals surface area contributed by atoms with E-state index in [9.17, 15) is 4.79 Å². The molecule has 0 bridgehead atoms. The van der Waals surface area contributed by atoms with Crippen LogP contribution in [0.1, 0.15) is 26.2 Å². The Labute approximate surface area is 55.3 Å². The molecule has 0 aromatic carbocycles. The zero-order valence-corrected chi connectivity index (χ0v) is 5.94. The van der Waals surface area contributed by atoms with Gasteiger partial charge in [0.15, 0.2) is 0 Å². The van der Waals surface area contributed by atoms with Crippen LogP contribution in [-0.2, 0) is 9.53 Å². The van der Waals surface area contributed by atoms with E-state index in [1.54, 1.807) is 0 Å². The molecule has 0 unspecified atom stereocenters. The van der Waals surface area contributed by atoms with E-state index in [1.165, 1.54) is 7.11 Å². The van der Waals surface area contributed by atoms with Crippen molar-refractivity contribution in [1.29, 1.82) is 0 Å². The summed E-state index contributed by atoms with van der Waals surface area (Å²) in [5.41, 5.74) is 0. The Morgan fingerprint density at radius 1 is 1.56 bits per heavy atom. The fraction of sp³-hybridized carbons (Fsp3) is 0.833. The largest absolute Gasteiger partial charge is 0.469 e. The molecule has 0 aromatic heterocycles. The molecule has 0 atom stereocenters. The normalized spacial score (nSPS) is 7.78. The zero-order chi connectivity index (χ0) is 6.41. The molecule has 0 fully saturated rings. The number of carbonyl (C=O) groups excluding carboxylic acids is 1. The standard InChI is InChI=1S/C6H12O2.H2O/c1-3-4-5-6(7)8-2;/h3-5H2,1-2H3;1H2. The van der Waals surface area contributed by atoms with Crippen LogP contribution < -0.4 is 0 Å². The van der Waals surface area contributed by atoms with Gasteiger partial charge in [0, 0.05) is 6.42 Å². The number of methoxy groups -OCH3 is 1. The van der Waals surface area contributed by atoms with E-state index in [2.05, 4.69) is 4.74 Å². The first-order chi connectivity index (χ1) is 3.81. The molecule has 0 saturated carbocycles. The van der Waals surface area contributed by atoms with Gasteiger partial charge in [-0.2, -0.15) is 0 Å². The number of carbonyl (C=O) groups is 1. The summed E-state index contributed by atoms with van der Waals surface area (Å²) in [4.78, 5) is 10.3. The summed E-state index contributed by atoms with van der Waals surface area (Å²) in [5.74, 6) is -0.105. The number of ether oxygens (including phenoxy) is 1. The van der Waals surface area contributed by atoms with Crippen molar-refractivity contribution in [2.24, 2.45) is 0 Å². The fourth-order valence-corrected chi connectivity index (χ4v) is 0.423. The van der Waals surface area contributed by atoms with Gasteiger partial charge in [-0.15, -0.1) is 0 Å². The number of hydrogen-bond donors (Lipinski definition) is 0. The molecule has 0 spiro atoms. The van der Waals surface area contributed by atoms with Crippen LogP contribution in [0.25, 0.3) is 0 Å². The van der Waals surface area contributed by atoms with Gasteiger partial charge >= 0.3 is 5.97 Å². The van der Waals surface area contributed by atoms with Crippen molar-refractivity contribution in [3.8, 4) is 0 Å². The topological polar surface area (TPSA) is 57.8 Å². The summed E-state index contributed by atoms with van der Waals surface area (Å²) in [6, 6.07) is 0. The summed E-state index contributed by atoms with van der Waals surface area (Å²) >= 11 is 0. The first-order valence-electron chi connectivity index (χ1n) is 2.88. The van der Waals surface area contributed by atoms with E-state index in [4.69, 9.17) is 0 Å².